The van der Waals surface area contributed by atoms with Crippen molar-refractivity contribution in [3.8, 4) is 0 Å². The van der Waals surface area contributed by atoms with E-state index in [1.165, 1.54) is 0 Å². The first-order chi connectivity index (χ1) is 2.89. The third-order valence-corrected chi connectivity index (χ3v) is 0.640. The van der Waals surface area contributed by atoms with E-state index in [-0.39, 0.29) is 0 Å². The molecule has 1 aliphatic rings. The van der Waals surface area contributed by atoms with Crippen LogP contribution in [-0.2, 0) is 9.02 Å². The molecule has 4 nitrogen and oxygen atoms in total. The Morgan fingerprint density at radius 2 is 2.67 bits per heavy atom. The van der Waals surface area contributed by atoms with Gasteiger partial charge in [0, 0.05) is 0 Å². The summed E-state index contributed by atoms with van der Waals surface area (Å²) in [5.74, 6) is 0. The van der Waals surface area contributed by atoms with Gasteiger partial charge < -0.3 is 9.02 Å². The zero-order valence-electron chi connectivity index (χ0n) is 2.63. The molecule has 1 heterocycles. The van der Waals surface area contributed by atoms with Crippen molar-refractivity contribution in [2.24, 2.45) is 0 Å². The SMILES string of the molecule is O=C1ONSO1. The van der Waals surface area contributed by atoms with E-state index in [1.807, 2.05) is 0 Å². The number of rotatable bonds is 0. The van der Waals surface area contributed by atoms with E-state index < -0.39 is 6.16 Å². The van der Waals surface area contributed by atoms with Crippen LogP contribution in [0.4, 0.5) is 4.79 Å². The van der Waals surface area contributed by atoms with Crippen LogP contribution in [0.3, 0.4) is 0 Å². The summed E-state index contributed by atoms with van der Waals surface area (Å²) < 4.78 is 4.10. The Morgan fingerprint density at radius 1 is 1.83 bits per heavy atom. The molecule has 0 atom stereocenters. The van der Waals surface area contributed by atoms with E-state index in [9.17, 15) is 4.79 Å². The van der Waals surface area contributed by atoms with E-state index >= 15 is 0 Å². The largest absolute Gasteiger partial charge is 0.542 e. The minimum atomic E-state index is -0.694. The molecule has 6 heavy (non-hydrogen) atoms. The van der Waals surface area contributed by atoms with E-state index in [2.05, 4.69) is 13.9 Å². The maximum Gasteiger partial charge on any atom is 0.542 e. The number of hydrogen-bond acceptors (Lipinski definition) is 5. The van der Waals surface area contributed by atoms with Gasteiger partial charge in [0.05, 0.1) is 0 Å². The first kappa shape index (κ1) is 3.76. The fraction of sp³-hybridized carbons (Fsp3) is 0. The van der Waals surface area contributed by atoms with Gasteiger partial charge in [-0.05, 0) is 0 Å². The quantitative estimate of drug-likeness (QED) is 0.354. The summed E-state index contributed by atoms with van der Waals surface area (Å²) in [6.07, 6.45) is -0.694. The summed E-state index contributed by atoms with van der Waals surface area (Å²) in [6, 6.07) is 0. The first-order valence-corrected chi connectivity index (χ1v) is 1.93. The van der Waals surface area contributed by atoms with Gasteiger partial charge in [-0.2, -0.15) is 0 Å². The third kappa shape index (κ3) is 0.550. The van der Waals surface area contributed by atoms with Crippen LogP contribution in [0.5, 0.6) is 0 Å². The van der Waals surface area contributed by atoms with Crippen LogP contribution >= 0.6 is 12.2 Å². The molecule has 0 unspecified atom stereocenters. The lowest BCUT2D eigenvalue weighted by Gasteiger charge is -1.73. The Balaban J connectivity index is 2.37. The molecule has 0 aromatic heterocycles. The highest BCUT2D eigenvalue weighted by Gasteiger charge is 2.11. The van der Waals surface area contributed by atoms with Gasteiger partial charge in [0.1, 0.15) is 0 Å². The van der Waals surface area contributed by atoms with E-state index in [0.29, 0.717) is 0 Å². The van der Waals surface area contributed by atoms with Gasteiger partial charge in [0.25, 0.3) is 0 Å². The van der Waals surface area contributed by atoms with Crippen molar-refractivity contribution in [3.63, 3.8) is 0 Å². The molecular weight excluding hydrogens is 106 g/mol. The standard InChI is InChI=1S/CHNO3S/c3-1-4-2-6-5-1/h2H. The van der Waals surface area contributed by atoms with Crippen LogP contribution in [0.2, 0.25) is 0 Å². The molecule has 0 aromatic rings. The van der Waals surface area contributed by atoms with Crippen molar-refractivity contribution in [3.05, 3.63) is 0 Å². The number of hydrogen-bond donors (Lipinski definition) is 1. The molecule has 1 aliphatic heterocycles. The minimum absolute atomic E-state index is 0.694. The van der Waals surface area contributed by atoms with E-state index in [0.717, 1.165) is 12.2 Å². The van der Waals surface area contributed by atoms with Crippen LogP contribution in [0.1, 0.15) is 0 Å². The molecule has 0 bridgehead atoms. The number of carbonyl (C=O) groups is 1. The van der Waals surface area contributed by atoms with Gasteiger partial charge in [-0.1, -0.05) is 4.89 Å². The lowest BCUT2D eigenvalue weighted by Crippen LogP contribution is -1.97. The van der Waals surface area contributed by atoms with Crippen molar-refractivity contribution in [1.82, 2.24) is 4.89 Å². The van der Waals surface area contributed by atoms with E-state index in [1.54, 1.807) is 0 Å². The molecule has 1 fully saturated rings. The lowest BCUT2D eigenvalue weighted by molar-refractivity contribution is 0.114. The molecule has 34 valence electrons. The summed E-state index contributed by atoms with van der Waals surface area (Å²) in [5, 5.41) is 0. The molecule has 0 radical (unpaired) electrons. The molecule has 0 spiro atoms. The molecule has 1 N–H and O–H groups in total. The monoisotopic (exact) mass is 107 g/mol. The maximum atomic E-state index is 9.72. The number of nitrogens with one attached hydrogen (secondary N) is 1. The average molecular weight is 107 g/mol. The summed E-state index contributed by atoms with van der Waals surface area (Å²) in [4.78, 5) is 15.8. The molecule has 0 saturated carbocycles. The summed E-state index contributed by atoms with van der Waals surface area (Å²) in [7, 11) is 0. The Labute approximate surface area is 38.1 Å². The predicted octanol–water partition coefficient (Wildman–Crippen LogP) is 0.221. The van der Waals surface area contributed by atoms with Gasteiger partial charge in [-0.25, -0.2) is 4.79 Å². The van der Waals surface area contributed by atoms with Crippen molar-refractivity contribution in [2.75, 3.05) is 0 Å². The van der Waals surface area contributed by atoms with Gasteiger partial charge >= 0.3 is 6.16 Å². The predicted molar refractivity (Wildman–Crippen MR) is 18.3 cm³/mol. The van der Waals surface area contributed by atoms with Crippen LogP contribution < -0.4 is 4.89 Å². The zero-order chi connectivity index (χ0) is 4.41. The van der Waals surface area contributed by atoms with Gasteiger partial charge in [0.15, 0.2) is 12.2 Å². The average Bonchev–Trinajstić information content (AvgIpc) is 1.86. The van der Waals surface area contributed by atoms with Crippen molar-refractivity contribution in [1.29, 1.82) is 0 Å². The Kier molecular flexibility index (Phi) is 0.849. The Hall–Kier alpha value is -0.420. The fourth-order valence-electron chi connectivity index (χ4n) is 0.119. The molecule has 5 heteroatoms. The third-order valence-electron chi connectivity index (χ3n) is 0.269. The van der Waals surface area contributed by atoms with E-state index in [4.69, 9.17) is 0 Å². The van der Waals surface area contributed by atoms with Gasteiger partial charge in [-0.3, -0.25) is 0 Å². The molecule has 0 aromatic carbocycles. The topological polar surface area (TPSA) is 47.6 Å². The molecular formula is CHNO3S. The normalized spacial score (nSPS) is 19.7. The summed E-state index contributed by atoms with van der Waals surface area (Å²) in [5.41, 5.74) is 0. The Bertz CT molecular complexity index is 65.2. The van der Waals surface area contributed by atoms with Crippen LogP contribution in [0.15, 0.2) is 0 Å². The molecule has 1 rings (SSSR count). The second-order valence-electron chi connectivity index (χ2n) is 0.602. The van der Waals surface area contributed by atoms with Crippen LogP contribution in [0, 0.1) is 0 Å². The van der Waals surface area contributed by atoms with Crippen molar-refractivity contribution in [2.45, 2.75) is 0 Å². The van der Waals surface area contributed by atoms with Gasteiger partial charge in [-0.15, -0.1) is 0 Å². The maximum absolute atomic E-state index is 9.72. The van der Waals surface area contributed by atoms with Crippen LogP contribution in [-0.4, -0.2) is 6.16 Å². The molecule has 0 aliphatic carbocycles. The first-order valence-electron chi connectivity index (χ1n) is 1.19. The second kappa shape index (κ2) is 1.36. The number of carbonyl (C=O) groups excluding carboxylic acids is 1. The van der Waals surface area contributed by atoms with Crippen LogP contribution in [0.25, 0.3) is 0 Å². The second-order valence-corrected chi connectivity index (χ2v) is 1.10. The summed E-state index contributed by atoms with van der Waals surface area (Å²) in [6.45, 7) is 0. The minimum Gasteiger partial charge on any atom is -0.339 e. The highest BCUT2D eigenvalue weighted by molar-refractivity contribution is 7.93. The highest BCUT2D eigenvalue weighted by atomic mass is 32.2. The van der Waals surface area contributed by atoms with Crippen molar-refractivity contribution < 1.29 is 13.8 Å². The zero-order valence-corrected chi connectivity index (χ0v) is 3.45. The molecule has 1 saturated heterocycles. The molecule has 0 amide bonds. The lowest BCUT2D eigenvalue weighted by atomic mass is 11.4. The van der Waals surface area contributed by atoms with Crippen molar-refractivity contribution >= 4 is 18.4 Å². The summed E-state index contributed by atoms with van der Waals surface area (Å²) >= 11 is 0.760. The fourth-order valence-corrected chi connectivity index (χ4v) is 0.357. The smallest absolute Gasteiger partial charge is 0.339 e. The highest BCUT2D eigenvalue weighted by Crippen LogP contribution is 2.05. The van der Waals surface area contributed by atoms with Gasteiger partial charge in [0.2, 0.25) is 0 Å². The Morgan fingerprint density at radius 3 is 2.83 bits per heavy atom.